The second-order valence-corrected chi connectivity index (χ2v) is 25.8. The van der Waals surface area contributed by atoms with Crippen LogP contribution in [0.15, 0.2) is 90.4 Å². The monoisotopic (exact) mass is 1290 g/mol. The molecule has 0 saturated carbocycles. The number of alkyl carbamates (subject to hydrolysis) is 1. The van der Waals surface area contributed by atoms with E-state index in [0.717, 1.165) is 39.8 Å². The number of nitrogens with one attached hydrogen (secondary N) is 2. The first-order valence-electron chi connectivity index (χ1n) is 29.5. The molecule has 29 heteroatoms. The van der Waals surface area contributed by atoms with Crippen LogP contribution in [-0.2, 0) is 84.1 Å². The molecule has 4 atom stereocenters. The van der Waals surface area contributed by atoms with Gasteiger partial charge in [-0.1, -0.05) is 74.5 Å². The summed E-state index contributed by atoms with van der Waals surface area (Å²) in [6.45, 7) is 15.3. The van der Waals surface area contributed by atoms with Gasteiger partial charge in [-0.15, -0.1) is 22.7 Å². The number of nitrogen functional groups attached to an aromatic ring is 1. The minimum absolute atomic E-state index is 0.0122. The minimum atomic E-state index is -4.06. The smallest absolute Gasteiger partial charge is 0.444 e. The fourth-order valence-electron chi connectivity index (χ4n) is 9.01. The zero-order valence-corrected chi connectivity index (χ0v) is 54.3. The summed E-state index contributed by atoms with van der Waals surface area (Å²) < 4.78 is 60.7. The summed E-state index contributed by atoms with van der Waals surface area (Å²) in [4.78, 5) is 89.7. The molecule has 0 radical (unpaired) electrons. The van der Waals surface area contributed by atoms with Crippen molar-refractivity contribution in [1.29, 1.82) is 0 Å². The van der Waals surface area contributed by atoms with E-state index in [2.05, 4.69) is 73.6 Å². The molecule has 1 aliphatic heterocycles. The lowest BCUT2D eigenvalue weighted by atomic mass is 9.86. The number of hydrogen-bond acceptors (Lipinski definition) is 24. The van der Waals surface area contributed by atoms with Crippen LogP contribution in [0.2, 0.25) is 0 Å². The molecule has 4 N–H and O–H groups in total. The Kier molecular flexibility index (Phi) is 29.6. The van der Waals surface area contributed by atoms with Gasteiger partial charge < -0.3 is 59.0 Å². The first-order chi connectivity index (χ1) is 42.7. The van der Waals surface area contributed by atoms with Gasteiger partial charge in [0.15, 0.2) is 17.2 Å². The quantitative estimate of drug-likeness (QED) is 0.0149. The molecule has 1 fully saturated rings. The number of hydrogen-bond donors (Lipinski definition) is 3. The van der Waals surface area contributed by atoms with Gasteiger partial charge in [-0.05, 0) is 83.8 Å². The molecule has 6 aromatic rings. The number of thiazole rings is 2. The topological polar surface area (TPSA) is 311 Å². The van der Waals surface area contributed by atoms with Crippen molar-refractivity contribution in [1.82, 2.24) is 49.9 Å². The van der Waals surface area contributed by atoms with Gasteiger partial charge in [0, 0.05) is 56.6 Å². The molecule has 0 bridgehead atoms. The van der Waals surface area contributed by atoms with E-state index in [1.807, 2.05) is 41.8 Å². The number of ether oxygens (including phenoxy) is 7. The molecule has 89 heavy (non-hydrogen) atoms. The molecule has 1 saturated heterocycles. The van der Waals surface area contributed by atoms with Crippen LogP contribution in [0.1, 0.15) is 107 Å². The van der Waals surface area contributed by atoms with Gasteiger partial charge in [0.2, 0.25) is 13.6 Å². The average molecular weight is 1290 g/mol. The summed E-state index contributed by atoms with van der Waals surface area (Å²) in [5, 5.41) is 9.24. The van der Waals surface area contributed by atoms with Crippen molar-refractivity contribution in [2.45, 2.75) is 143 Å². The Hall–Kier alpha value is -7.17. The number of urea groups is 1. The molecule has 5 heterocycles. The van der Waals surface area contributed by atoms with Crippen molar-refractivity contribution in [3.8, 4) is 0 Å². The van der Waals surface area contributed by atoms with Crippen LogP contribution in [0.4, 0.5) is 25.0 Å². The zero-order valence-electron chi connectivity index (χ0n) is 51.8. The summed E-state index contributed by atoms with van der Waals surface area (Å²) >= 11 is 3.04. The minimum Gasteiger partial charge on any atom is -0.444 e. The van der Waals surface area contributed by atoms with E-state index >= 15 is 0 Å². The Morgan fingerprint density at radius 1 is 0.798 bits per heavy atom. The number of amides is 3. The number of aromatic nitrogens is 6. The van der Waals surface area contributed by atoms with Crippen molar-refractivity contribution in [2.75, 3.05) is 65.6 Å². The van der Waals surface area contributed by atoms with E-state index in [-0.39, 0.29) is 42.7 Å². The van der Waals surface area contributed by atoms with Crippen LogP contribution in [0, 0.1) is 5.92 Å². The normalized spacial score (nSPS) is 14.1. The third kappa shape index (κ3) is 26.1. The molecule has 486 valence electrons. The molecule has 0 spiro atoms. The lowest BCUT2D eigenvalue weighted by Gasteiger charge is -2.29. The Morgan fingerprint density at radius 2 is 1.45 bits per heavy atom. The highest BCUT2D eigenvalue weighted by Gasteiger charge is 2.31. The number of Topliss-reactive ketones (excluding diaryl/α,β-unsaturated/α-hetero) is 1. The predicted octanol–water partition coefficient (Wildman–Crippen LogP) is 10.1. The largest absolute Gasteiger partial charge is 0.510 e. The number of imidazole rings is 1. The number of ketones is 1. The van der Waals surface area contributed by atoms with Crippen molar-refractivity contribution < 1.29 is 70.7 Å². The maximum atomic E-state index is 14.3. The zero-order chi connectivity index (χ0) is 64.1. The Balaban J connectivity index is 0.000000312. The SMILES string of the molecule is CC(C)OC(=O)OCOP(=O)(CO[C@H](C)Cn1cnc2c(N)ncnc21)OCOC(=O)OC(C)C.CC(C)c1nc(CN(C)C(=O)N[C@@H](CCN2CCOCC2)C(=O)C[C@H](CC[C@H](Cc2ccccc2)NC(=O)OCc2cncs2)Cc2ccccc2)cs1. The van der Waals surface area contributed by atoms with Gasteiger partial charge in [-0.2, -0.15) is 0 Å². The highest BCUT2D eigenvalue weighted by molar-refractivity contribution is 7.53. The molecule has 7 rings (SSSR count). The number of benzene rings is 2. The van der Waals surface area contributed by atoms with Crippen molar-refractivity contribution in [3.63, 3.8) is 0 Å². The summed E-state index contributed by atoms with van der Waals surface area (Å²) in [7, 11) is -2.31. The first-order valence-corrected chi connectivity index (χ1v) is 32.9. The number of carbonyl (C=O) groups is 5. The molecule has 0 aliphatic carbocycles. The maximum Gasteiger partial charge on any atom is 0.510 e. The molecular formula is C60H84N11O15PS2. The molecular weight excluding hydrogens is 1210 g/mol. The number of morpholine rings is 1. The Morgan fingerprint density at radius 3 is 2.06 bits per heavy atom. The van der Waals surface area contributed by atoms with Crippen LogP contribution in [-0.4, -0.2) is 160 Å². The molecule has 2 aromatic carbocycles. The van der Waals surface area contributed by atoms with Gasteiger partial charge in [-0.3, -0.25) is 28.3 Å². The van der Waals surface area contributed by atoms with Crippen molar-refractivity contribution in [2.24, 2.45) is 5.92 Å². The van der Waals surface area contributed by atoms with E-state index in [1.165, 1.54) is 24.0 Å². The van der Waals surface area contributed by atoms with Crippen LogP contribution >= 0.6 is 30.3 Å². The van der Waals surface area contributed by atoms with E-state index in [9.17, 15) is 28.5 Å². The van der Waals surface area contributed by atoms with Crippen LogP contribution in [0.5, 0.6) is 0 Å². The number of carbonyl (C=O) groups excluding carboxylic acids is 5. The highest BCUT2D eigenvalue weighted by atomic mass is 32.1. The summed E-state index contributed by atoms with van der Waals surface area (Å²) in [5.41, 5.74) is 11.5. The number of nitrogens with two attached hydrogens (primary N) is 1. The Bertz CT molecular complexity index is 3100. The summed E-state index contributed by atoms with van der Waals surface area (Å²) in [5.74, 6) is 0.554. The lowest BCUT2D eigenvalue weighted by Crippen LogP contribution is -2.49. The second kappa shape index (κ2) is 37.1. The van der Waals surface area contributed by atoms with Gasteiger partial charge in [-0.25, -0.2) is 39.1 Å². The Labute approximate surface area is 527 Å². The molecule has 0 unspecified atom stereocenters. The summed E-state index contributed by atoms with van der Waals surface area (Å²) in [6.07, 6.45) is 3.56. The van der Waals surface area contributed by atoms with E-state index in [0.29, 0.717) is 81.9 Å². The fourth-order valence-corrected chi connectivity index (χ4v) is 11.4. The van der Waals surface area contributed by atoms with Crippen molar-refractivity contribution >= 4 is 77.5 Å². The van der Waals surface area contributed by atoms with Crippen molar-refractivity contribution in [3.05, 3.63) is 117 Å². The maximum absolute atomic E-state index is 14.3. The number of anilines is 1. The average Bonchev–Trinajstić information content (AvgIpc) is 4.36. The summed E-state index contributed by atoms with van der Waals surface area (Å²) in [6, 6.07) is 19.1. The lowest BCUT2D eigenvalue weighted by molar-refractivity contribution is -0.122. The number of fused-ring (bicyclic) bond motifs is 1. The van der Waals surface area contributed by atoms with Gasteiger partial charge in [0.05, 0.1) is 78.1 Å². The van der Waals surface area contributed by atoms with Gasteiger partial charge >= 0.3 is 32.0 Å². The van der Waals surface area contributed by atoms with Gasteiger partial charge in [0.25, 0.3) is 0 Å². The molecule has 26 nitrogen and oxygen atoms in total. The van der Waals surface area contributed by atoms with Gasteiger partial charge in [0.1, 0.15) is 24.8 Å². The second-order valence-electron chi connectivity index (χ2n) is 22.0. The van der Waals surface area contributed by atoms with E-state index < -0.39 is 70.3 Å². The fraction of sp³-hybridized carbons (Fsp3) is 0.533. The number of rotatable bonds is 33. The third-order valence-electron chi connectivity index (χ3n) is 13.5. The van der Waals surface area contributed by atoms with Crippen LogP contribution in [0.25, 0.3) is 11.2 Å². The third-order valence-corrected chi connectivity index (χ3v) is 16.9. The molecule has 3 amide bonds. The van der Waals surface area contributed by atoms with E-state index in [4.69, 9.17) is 52.9 Å². The predicted molar refractivity (Wildman–Crippen MR) is 334 cm³/mol. The standard InChI is InChI=1S/C41H54N6O5S2.C19H30N5O10P/c1-30(2)39-43-35(28-53-39)26-46(3)40(49)45-37(16-17-47-18-20-51-21-19-47)38(48)24-33(22-31-10-6-4-7-11-31)14-15-34(23-32-12-8-5-9-13-32)44-41(50)52-27-36-25-42-29-54-36;1-12(2)33-18(25)28-9-31-35(27,32-10-29-19(26)34-13(3)4)11-30-14(5)6-24-8-23-15-16(20)21-7-22-17(15)24/h4-13,25,28-30,33-34,37H,14-24,26-27H2,1-3H3,(H,44,50)(H,45,49);7-8,12-14H,6,9-11H2,1-5H3,(H2,20,21,22)/t33-,34-,37+;14-/m11/s1. The number of nitrogens with zero attached hydrogens (tertiary/aromatic N) is 8. The first kappa shape index (κ1) is 70.9. The molecule has 4 aromatic heterocycles. The van der Waals surface area contributed by atoms with Crippen LogP contribution < -0.4 is 16.4 Å². The molecule has 1 aliphatic rings. The van der Waals surface area contributed by atoms with E-state index in [1.54, 1.807) is 74.2 Å². The highest BCUT2D eigenvalue weighted by Crippen LogP contribution is 2.48. The van der Waals surface area contributed by atoms with Crippen LogP contribution in [0.3, 0.4) is 0 Å².